The number of hydrogen-bond acceptors (Lipinski definition) is 5. The molecule has 3 rings (SSSR count). The number of carbonyl (C=O) groups is 3. The Labute approximate surface area is 153 Å². The first-order valence-electron chi connectivity index (χ1n) is 7.60. The summed E-state index contributed by atoms with van der Waals surface area (Å²) in [6, 6.07) is 15.7. The number of hydrogen-bond donors (Lipinski definition) is 2. The number of carboxylic acid groups (broad SMARTS) is 1. The maximum absolute atomic E-state index is 12.4. The molecular formula is C19H13N2O4S-. The highest BCUT2D eigenvalue weighted by atomic mass is 32.1. The summed E-state index contributed by atoms with van der Waals surface area (Å²) >= 11 is 1.32. The van der Waals surface area contributed by atoms with Gasteiger partial charge in [-0.1, -0.05) is 24.3 Å². The molecule has 0 saturated heterocycles. The van der Waals surface area contributed by atoms with Crippen LogP contribution in [0.3, 0.4) is 0 Å². The zero-order chi connectivity index (χ0) is 18.5. The van der Waals surface area contributed by atoms with Crippen molar-refractivity contribution in [3.8, 4) is 0 Å². The lowest BCUT2D eigenvalue weighted by Gasteiger charge is -2.09. The predicted molar refractivity (Wildman–Crippen MR) is 97.4 cm³/mol. The number of benzene rings is 2. The fourth-order valence-electron chi connectivity index (χ4n) is 2.27. The number of aromatic carboxylic acids is 1. The Morgan fingerprint density at radius 3 is 2.00 bits per heavy atom. The van der Waals surface area contributed by atoms with Crippen molar-refractivity contribution in [3.05, 3.63) is 82.0 Å². The topological polar surface area (TPSA) is 98.3 Å². The van der Waals surface area contributed by atoms with Crippen molar-refractivity contribution in [1.29, 1.82) is 0 Å². The first kappa shape index (κ1) is 17.4. The van der Waals surface area contributed by atoms with Crippen molar-refractivity contribution < 1.29 is 19.5 Å². The van der Waals surface area contributed by atoms with E-state index in [1.165, 1.54) is 29.5 Å². The molecule has 2 N–H and O–H groups in total. The Balaban J connectivity index is 1.73. The van der Waals surface area contributed by atoms with Crippen LogP contribution in [0.4, 0.5) is 11.4 Å². The van der Waals surface area contributed by atoms with E-state index in [9.17, 15) is 19.5 Å². The highest BCUT2D eigenvalue weighted by Crippen LogP contribution is 2.17. The number of rotatable bonds is 5. The number of amides is 2. The largest absolute Gasteiger partial charge is 0.545 e. The first-order valence-corrected chi connectivity index (χ1v) is 8.48. The van der Waals surface area contributed by atoms with E-state index in [1.54, 1.807) is 47.8 Å². The van der Waals surface area contributed by atoms with E-state index in [4.69, 9.17) is 0 Å². The summed E-state index contributed by atoms with van der Waals surface area (Å²) in [6.45, 7) is 0. The molecule has 6 nitrogen and oxygen atoms in total. The highest BCUT2D eigenvalue weighted by Gasteiger charge is 2.10. The van der Waals surface area contributed by atoms with Gasteiger partial charge in [-0.2, -0.15) is 0 Å². The smallest absolute Gasteiger partial charge is 0.265 e. The molecule has 0 spiro atoms. The molecule has 0 bridgehead atoms. The van der Waals surface area contributed by atoms with Crippen LogP contribution < -0.4 is 15.7 Å². The van der Waals surface area contributed by atoms with Crippen LogP contribution in [0.1, 0.15) is 30.4 Å². The second-order valence-corrected chi connectivity index (χ2v) is 6.28. The van der Waals surface area contributed by atoms with Gasteiger partial charge in [0.2, 0.25) is 0 Å². The Bertz CT molecular complexity index is 967. The number of nitrogens with one attached hydrogen (secondary N) is 2. The second kappa shape index (κ2) is 7.62. The third kappa shape index (κ3) is 4.14. The quantitative estimate of drug-likeness (QED) is 0.726. The van der Waals surface area contributed by atoms with Gasteiger partial charge >= 0.3 is 0 Å². The molecule has 0 aliphatic carbocycles. The number of carbonyl (C=O) groups excluding carboxylic acids is 3. The fraction of sp³-hybridized carbons (Fsp3) is 0. The summed E-state index contributed by atoms with van der Waals surface area (Å²) in [5, 5.41) is 18.0. The summed E-state index contributed by atoms with van der Waals surface area (Å²) in [4.78, 5) is 35.9. The normalized spacial score (nSPS) is 10.2. The molecule has 2 aromatic carbocycles. The van der Waals surface area contributed by atoms with Crippen LogP contribution in [0.5, 0.6) is 0 Å². The minimum absolute atomic E-state index is 0.0280. The molecule has 0 atom stereocenters. The van der Waals surface area contributed by atoms with Gasteiger partial charge in [0.25, 0.3) is 11.8 Å². The van der Waals surface area contributed by atoms with E-state index >= 15 is 0 Å². The van der Waals surface area contributed by atoms with Crippen LogP contribution in [0, 0.1) is 0 Å². The molecule has 0 saturated carbocycles. The monoisotopic (exact) mass is 365 g/mol. The van der Waals surface area contributed by atoms with Crippen LogP contribution >= 0.6 is 11.3 Å². The van der Waals surface area contributed by atoms with Gasteiger partial charge in [-0.25, -0.2) is 0 Å². The van der Waals surface area contributed by atoms with Gasteiger partial charge in [0.1, 0.15) is 0 Å². The molecule has 0 radical (unpaired) electrons. The summed E-state index contributed by atoms with van der Waals surface area (Å²) < 4.78 is 0. The minimum atomic E-state index is -1.32. The summed E-state index contributed by atoms with van der Waals surface area (Å²) in [5.41, 5.74) is 1.12. The standard InChI is InChI=1S/C19H14N2O4S/c22-17(20-15-7-2-5-13(11-15)19(24)25)12-4-1-6-14(10-12)21-18(23)16-8-3-9-26-16/h1-11H,(H,20,22)(H,21,23)(H,24,25)/p-1. The summed E-state index contributed by atoms with van der Waals surface area (Å²) in [5.74, 6) is -1.99. The van der Waals surface area contributed by atoms with Gasteiger partial charge in [0.15, 0.2) is 0 Å². The number of carboxylic acids is 1. The predicted octanol–water partition coefficient (Wildman–Crippen LogP) is 2.62. The fourth-order valence-corrected chi connectivity index (χ4v) is 2.88. The van der Waals surface area contributed by atoms with Crippen molar-refractivity contribution in [1.82, 2.24) is 0 Å². The van der Waals surface area contributed by atoms with Crippen LogP contribution in [-0.2, 0) is 0 Å². The molecule has 1 heterocycles. The average Bonchev–Trinajstić information content (AvgIpc) is 3.17. The third-order valence-electron chi connectivity index (χ3n) is 3.48. The molecule has 1 aromatic heterocycles. The van der Waals surface area contributed by atoms with Crippen molar-refractivity contribution >= 4 is 40.5 Å². The first-order chi connectivity index (χ1) is 12.5. The lowest BCUT2D eigenvalue weighted by Crippen LogP contribution is -2.22. The molecule has 7 heteroatoms. The van der Waals surface area contributed by atoms with E-state index in [1.807, 2.05) is 0 Å². The van der Waals surface area contributed by atoms with E-state index in [0.29, 0.717) is 21.8 Å². The van der Waals surface area contributed by atoms with E-state index in [0.717, 1.165) is 0 Å². The lowest BCUT2D eigenvalue weighted by molar-refractivity contribution is -0.255. The van der Waals surface area contributed by atoms with Gasteiger partial charge in [-0.15, -0.1) is 11.3 Å². The summed E-state index contributed by atoms with van der Waals surface area (Å²) in [6.07, 6.45) is 0. The van der Waals surface area contributed by atoms with E-state index < -0.39 is 11.9 Å². The Kier molecular flexibility index (Phi) is 5.09. The zero-order valence-electron chi connectivity index (χ0n) is 13.4. The van der Waals surface area contributed by atoms with Gasteiger partial charge in [0, 0.05) is 16.9 Å². The third-order valence-corrected chi connectivity index (χ3v) is 4.35. The Morgan fingerprint density at radius 2 is 1.38 bits per heavy atom. The minimum Gasteiger partial charge on any atom is -0.545 e. The van der Waals surface area contributed by atoms with Crippen molar-refractivity contribution in [3.63, 3.8) is 0 Å². The Hall–Kier alpha value is -3.45. The summed E-state index contributed by atoms with van der Waals surface area (Å²) in [7, 11) is 0. The average molecular weight is 365 g/mol. The van der Waals surface area contributed by atoms with Crippen molar-refractivity contribution in [2.75, 3.05) is 10.6 Å². The van der Waals surface area contributed by atoms with E-state index in [2.05, 4.69) is 10.6 Å². The van der Waals surface area contributed by atoms with Crippen molar-refractivity contribution in [2.24, 2.45) is 0 Å². The van der Waals surface area contributed by atoms with Crippen LogP contribution in [0.15, 0.2) is 66.0 Å². The van der Waals surface area contributed by atoms with Crippen LogP contribution in [0.25, 0.3) is 0 Å². The molecule has 2 amide bonds. The van der Waals surface area contributed by atoms with E-state index in [-0.39, 0.29) is 11.5 Å². The number of anilines is 2. The SMILES string of the molecule is O=C([O-])c1cccc(NC(=O)c2cccc(NC(=O)c3cccs3)c2)c1. The molecule has 0 aliphatic heterocycles. The second-order valence-electron chi connectivity index (χ2n) is 5.33. The lowest BCUT2D eigenvalue weighted by atomic mass is 10.1. The van der Waals surface area contributed by atoms with Gasteiger partial charge in [-0.3, -0.25) is 9.59 Å². The number of thiophene rings is 1. The van der Waals surface area contributed by atoms with Crippen LogP contribution in [0.2, 0.25) is 0 Å². The molecule has 26 heavy (non-hydrogen) atoms. The van der Waals surface area contributed by atoms with Crippen LogP contribution in [-0.4, -0.2) is 17.8 Å². The Morgan fingerprint density at radius 1 is 0.769 bits per heavy atom. The zero-order valence-corrected chi connectivity index (χ0v) is 14.2. The molecule has 130 valence electrons. The molecule has 0 aliphatic rings. The van der Waals surface area contributed by atoms with Gasteiger partial charge < -0.3 is 20.5 Å². The highest BCUT2D eigenvalue weighted by molar-refractivity contribution is 7.12. The molecular weight excluding hydrogens is 352 g/mol. The molecule has 3 aromatic rings. The van der Waals surface area contributed by atoms with Gasteiger partial charge in [0.05, 0.1) is 10.8 Å². The molecule has 0 fully saturated rings. The van der Waals surface area contributed by atoms with Crippen molar-refractivity contribution in [2.45, 2.75) is 0 Å². The maximum Gasteiger partial charge on any atom is 0.265 e. The maximum atomic E-state index is 12.4. The van der Waals surface area contributed by atoms with Gasteiger partial charge in [-0.05, 0) is 47.3 Å². The molecule has 0 unspecified atom stereocenters.